The van der Waals surface area contributed by atoms with Crippen molar-refractivity contribution < 1.29 is 21.6 Å². The van der Waals surface area contributed by atoms with Gasteiger partial charge in [0.25, 0.3) is 10.0 Å². The third kappa shape index (κ3) is 4.92. The minimum Gasteiger partial charge on any atom is -0.358 e. The predicted molar refractivity (Wildman–Crippen MR) is 136 cm³/mol. The highest BCUT2D eigenvalue weighted by Gasteiger charge is 2.37. The van der Waals surface area contributed by atoms with Gasteiger partial charge in [0.2, 0.25) is 0 Å². The van der Waals surface area contributed by atoms with Crippen LogP contribution in [0.1, 0.15) is 22.4 Å². The second-order valence-corrected chi connectivity index (χ2v) is 10.2. The largest absolute Gasteiger partial charge is 0.417 e. The molecule has 2 N–H and O–H groups in total. The molecule has 0 atom stereocenters. The van der Waals surface area contributed by atoms with Crippen molar-refractivity contribution in [2.75, 3.05) is 4.72 Å². The number of sulfonamides is 1. The number of alkyl halides is 3. The molecule has 0 aliphatic rings. The highest BCUT2D eigenvalue weighted by molar-refractivity contribution is 7.92. The first-order chi connectivity index (χ1) is 17.6. The quantitative estimate of drug-likeness (QED) is 0.272. The molecule has 5 aromatic rings. The van der Waals surface area contributed by atoms with E-state index in [1.54, 1.807) is 12.1 Å². The number of hydrogen-bond acceptors (Lipinski definition) is 4. The number of rotatable bonds is 6. The number of anilines is 1. The van der Waals surface area contributed by atoms with Crippen molar-refractivity contribution in [1.29, 1.82) is 0 Å². The van der Waals surface area contributed by atoms with Crippen molar-refractivity contribution in [1.82, 2.24) is 15.0 Å². The van der Waals surface area contributed by atoms with E-state index in [1.165, 1.54) is 24.0 Å². The molecule has 0 amide bonds. The molecule has 0 aliphatic heterocycles. The number of para-hydroxylation sites is 1. The van der Waals surface area contributed by atoms with Crippen LogP contribution in [0.15, 0.2) is 90.1 Å². The van der Waals surface area contributed by atoms with E-state index in [4.69, 9.17) is 0 Å². The van der Waals surface area contributed by atoms with Gasteiger partial charge in [-0.25, -0.2) is 13.4 Å². The summed E-state index contributed by atoms with van der Waals surface area (Å²) in [4.78, 5) is 10.8. The Hall–Kier alpha value is -4.18. The highest BCUT2D eigenvalue weighted by atomic mass is 32.2. The maximum absolute atomic E-state index is 13.4. The van der Waals surface area contributed by atoms with E-state index >= 15 is 0 Å². The molecule has 5 rings (SSSR count). The van der Waals surface area contributed by atoms with Crippen molar-refractivity contribution in [3.63, 3.8) is 0 Å². The van der Waals surface area contributed by atoms with Gasteiger partial charge in [0, 0.05) is 34.6 Å². The summed E-state index contributed by atoms with van der Waals surface area (Å²) in [5, 5.41) is 1.15. The molecule has 10 heteroatoms. The molecule has 0 fully saturated rings. The number of nitrogens with zero attached hydrogens (tertiary/aromatic N) is 2. The highest BCUT2D eigenvalue weighted by Crippen LogP contribution is 2.35. The van der Waals surface area contributed by atoms with Crippen molar-refractivity contribution in [2.45, 2.75) is 24.4 Å². The molecule has 6 nitrogen and oxygen atoms in total. The third-order valence-electron chi connectivity index (χ3n) is 6.05. The van der Waals surface area contributed by atoms with Crippen LogP contribution >= 0.6 is 0 Å². The summed E-state index contributed by atoms with van der Waals surface area (Å²) < 4.78 is 68.3. The van der Waals surface area contributed by atoms with Crippen LogP contribution in [-0.2, 0) is 22.6 Å². The lowest BCUT2D eigenvalue weighted by atomic mass is 10.0. The Bertz CT molecular complexity index is 1700. The number of nitrogens with one attached hydrogen (secondary N) is 2. The minimum atomic E-state index is -4.84. The SMILES string of the molecule is Cc1[nH]c2ccccc2c1Cc1ccc(-c2nccnc2NS(=O)(=O)c2ccccc2C(F)(F)F)cc1. The first kappa shape index (κ1) is 24.5. The van der Waals surface area contributed by atoms with Crippen LogP contribution in [0.4, 0.5) is 19.0 Å². The van der Waals surface area contributed by atoms with Gasteiger partial charge >= 0.3 is 6.18 Å². The van der Waals surface area contributed by atoms with Crippen LogP contribution in [0.5, 0.6) is 0 Å². The molecule has 37 heavy (non-hydrogen) atoms. The molecule has 0 radical (unpaired) electrons. The van der Waals surface area contributed by atoms with Crippen LogP contribution in [0, 0.1) is 6.92 Å². The molecule has 0 spiro atoms. The number of fused-ring (bicyclic) bond motifs is 1. The van der Waals surface area contributed by atoms with Crippen molar-refractivity contribution in [2.24, 2.45) is 0 Å². The van der Waals surface area contributed by atoms with Crippen LogP contribution in [-0.4, -0.2) is 23.4 Å². The van der Waals surface area contributed by atoms with E-state index in [0.717, 1.165) is 40.4 Å². The second kappa shape index (κ2) is 9.36. The van der Waals surface area contributed by atoms with Crippen molar-refractivity contribution in [3.8, 4) is 11.3 Å². The van der Waals surface area contributed by atoms with Gasteiger partial charge < -0.3 is 4.98 Å². The van der Waals surface area contributed by atoms with Crippen molar-refractivity contribution in [3.05, 3.63) is 108 Å². The zero-order valence-corrected chi connectivity index (χ0v) is 20.4. The number of halogens is 3. The van der Waals surface area contributed by atoms with Gasteiger partial charge in [0.05, 0.1) is 10.5 Å². The Kier molecular flexibility index (Phi) is 6.20. The Labute approximate surface area is 211 Å². The van der Waals surface area contributed by atoms with E-state index in [0.29, 0.717) is 12.0 Å². The molecule has 0 saturated carbocycles. The molecule has 0 unspecified atom stereocenters. The molecule has 0 bridgehead atoms. The number of hydrogen-bond donors (Lipinski definition) is 2. The van der Waals surface area contributed by atoms with Gasteiger partial charge in [0.15, 0.2) is 5.82 Å². The molecule has 188 valence electrons. The zero-order valence-electron chi connectivity index (χ0n) is 19.5. The van der Waals surface area contributed by atoms with Crippen LogP contribution in [0.3, 0.4) is 0 Å². The van der Waals surface area contributed by atoms with Crippen LogP contribution < -0.4 is 4.72 Å². The molecule has 0 saturated heterocycles. The molecule has 2 heterocycles. The van der Waals surface area contributed by atoms with E-state index in [2.05, 4.69) is 25.7 Å². The maximum Gasteiger partial charge on any atom is 0.417 e. The monoisotopic (exact) mass is 522 g/mol. The zero-order chi connectivity index (χ0) is 26.2. The summed E-state index contributed by atoms with van der Waals surface area (Å²) in [6.45, 7) is 2.03. The Morgan fingerprint density at radius 2 is 1.57 bits per heavy atom. The molecule has 2 aromatic heterocycles. The minimum absolute atomic E-state index is 0.167. The molecular formula is C27H21F3N4O2S. The van der Waals surface area contributed by atoms with E-state index in [9.17, 15) is 21.6 Å². The van der Waals surface area contributed by atoms with Crippen molar-refractivity contribution >= 4 is 26.7 Å². The fourth-order valence-electron chi connectivity index (χ4n) is 4.29. The van der Waals surface area contributed by atoms with Gasteiger partial charge in [-0.05, 0) is 42.7 Å². The average Bonchev–Trinajstić information content (AvgIpc) is 3.19. The Morgan fingerprint density at radius 3 is 2.32 bits per heavy atom. The summed E-state index contributed by atoms with van der Waals surface area (Å²) in [7, 11) is -4.60. The summed E-state index contributed by atoms with van der Waals surface area (Å²) in [5.74, 6) is -0.167. The Morgan fingerprint density at radius 1 is 0.892 bits per heavy atom. The summed E-state index contributed by atoms with van der Waals surface area (Å²) in [6.07, 6.45) is -1.50. The van der Waals surface area contributed by atoms with Gasteiger partial charge in [-0.2, -0.15) is 13.2 Å². The average molecular weight is 523 g/mol. The predicted octanol–water partition coefficient (Wildman–Crippen LogP) is 6.34. The Balaban J connectivity index is 1.44. The molecule has 0 aliphatic carbocycles. The normalized spacial score (nSPS) is 12.1. The van der Waals surface area contributed by atoms with Gasteiger partial charge in [-0.3, -0.25) is 9.71 Å². The number of H-pyrrole nitrogens is 1. The van der Waals surface area contributed by atoms with Gasteiger partial charge in [-0.1, -0.05) is 54.6 Å². The summed E-state index contributed by atoms with van der Waals surface area (Å²) >= 11 is 0. The topological polar surface area (TPSA) is 87.7 Å². The maximum atomic E-state index is 13.4. The number of aryl methyl sites for hydroxylation is 1. The lowest BCUT2D eigenvalue weighted by molar-refractivity contribution is -0.139. The summed E-state index contributed by atoms with van der Waals surface area (Å²) in [6, 6.07) is 19.4. The standard InChI is InChI=1S/C27H21F3N4O2S/c1-17-21(20-6-2-4-8-23(20)33-17)16-18-10-12-19(13-11-18)25-26(32-15-14-31-25)34-37(35,36)24-9-5-3-7-22(24)27(28,29)30/h2-15,33H,16H2,1H3,(H,32,34). The first-order valence-corrected chi connectivity index (χ1v) is 12.8. The van der Waals surface area contributed by atoms with E-state index in [-0.39, 0.29) is 11.5 Å². The lowest BCUT2D eigenvalue weighted by Gasteiger charge is -2.15. The third-order valence-corrected chi connectivity index (χ3v) is 7.44. The van der Waals surface area contributed by atoms with Gasteiger partial charge in [0.1, 0.15) is 5.69 Å². The number of aromatic amines is 1. The molecule has 3 aromatic carbocycles. The number of aromatic nitrogens is 3. The smallest absolute Gasteiger partial charge is 0.358 e. The van der Waals surface area contributed by atoms with Crippen LogP contribution in [0.2, 0.25) is 0 Å². The lowest BCUT2D eigenvalue weighted by Crippen LogP contribution is -2.20. The fourth-order valence-corrected chi connectivity index (χ4v) is 5.53. The summed E-state index contributed by atoms with van der Waals surface area (Å²) in [5.41, 5.74) is 3.86. The second-order valence-electron chi connectivity index (χ2n) is 8.50. The van der Waals surface area contributed by atoms with Gasteiger partial charge in [-0.15, -0.1) is 0 Å². The fraction of sp³-hybridized carbons (Fsp3) is 0.111. The first-order valence-electron chi connectivity index (χ1n) is 11.3. The van der Waals surface area contributed by atoms with Crippen LogP contribution in [0.25, 0.3) is 22.2 Å². The molecular weight excluding hydrogens is 501 g/mol. The van der Waals surface area contributed by atoms with E-state index in [1.807, 2.05) is 37.3 Å². The van der Waals surface area contributed by atoms with E-state index < -0.39 is 26.7 Å². The number of benzene rings is 3.